The van der Waals surface area contributed by atoms with Gasteiger partial charge in [0.2, 0.25) is 0 Å². The number of Topliss-reactive ketones (excluding diaryl/α,β-unsaturated/α-hetero) is 1. The first-order valence-electron chi connectivity index (χ1n) is 4.77. The van der Waals surface area contributed by atoms with Gasteiger partial charge < -0.3 is 0 Å². The molecule has 5 heteroatoms. The van der Waals surface area contributed by atoms with E-state index in [1.165, 1.54) is 17.4 Å². The topological polar surface area (TPSA) is 17.1 Å². The Hall–Kier alpha value is -0.520. The molecule has 0 aliphatic heterocycles. The van der Waals surface area contributed by atoms with Crippen molar-refractivity contribution in [3.8, 4) is 0 Å². The highest BCUT2D eigenvalue weighted by atomic mass is 79.9. The van der Waals surface area contributed by atoms with Crippen molar-refractivity contribution in [3.05, 3.63) is 54.8 Å². The fourth-order valence-electron chi connectivity index (χ4n) is 1.38. The van der Waals surface area contributed by atoms with Crippen LogP contribution in [-0.4, -0.2) is 5.78 Å². The highest BCUT2D eigenvalue weighted by Gasteiger charge is 2.10. The van der Waals surface area contributed by atoms with Crippen molar-refractivity contribution in [2.45, 2.75) is 6.42 Å². The first kappa shape index (κ1) is 12.9. The Morgan fingerprint density at radius 3 is 2.65 bits per heavy atom. The smallest absolute Gasteiger partial charge is 0.177 e. The highest BCUT2D eigenvalue weighted by Crippen LogP contribution is 2.22. The molecule has 88 valence electrons. The van der Waals surface area contributed by atoms with Gasteiger partial charge in [-0.05, 0) is 55.6 Å². The van der Waals surface area contributed by atoms with E-state index in [1.54, 1.807) is 18.2 Å². The van der Waals surface area contributed by atoms with Gasteiger partial charge in [-0.1, -0.05) is 6.07 Å². The van der Waals surface area contributed by atoms with Crippen molar-refractivity contribution in [2.75, 3.05) is 0 Å². The van der Waals surface area contributed by atoms with Gasteiger partial charge in [-0.2, -0.15) is 0 Å². The van der Waals surface area contributed by atoms with Crippen molar-refractivity contribution in [2.24, 2.45) is 0 Å². The van der Waals surface area contributed by atoms with Crippen LogP contribution in [0.1, 0.15) is 15.2 Å². The lowest BCUT2D eigenvalue weighted by molar-refractivity contribution is 0.0997. The minimum atomic E-state index is -0.319. The van der Waals surface area contributed by atoms with Gasteiger partial charge in [0.25, 0.3) is 0 Å². The van der Waals surface area contributed by atoms with Crippen molar-refractivity contribution in [3.63, 3.8) is 0 Å². The minimum Gasteiger partial charge on any atom is -0.293 e. The molecular formula is C12H7Br2FOS. The molecule has 1 aromatic carbocycles. The Kier molecular flexibility index (Phi) is 4.12. The molecule has 0 amide bonds. The molecule has 1 aromatic heterocycles. The van der Waals surface area contributed by atoms with Crippen molar-refractivity contribution >= 4 is 49.0 Å². The zero-order valence-electron chi connectivity index (χ0n) is 8.54. The standard InChI is InChI=1S/C12H7Br2FOS/c13-8-5-12(17-6-8)11(16)4-7-1-2-10(15)9(14)3-7/h1-3,5-6H,4H2. The van der Waals surface area contributed by atoms with E-state index in [1.807, 2.05) is 5.38 Å². The maximum absolute atomic E-state index is 13.0. The van der Waals surface area contributed by atoms with Crippen LogP contribution in [0, 0.1) is 5.82 Å². The third-order valence-electron chi connectivity index (χ3n) is 2.19. The van der Waals surface area contributed by atoms with E-state index in [-0.39, 0.29) is 18.0 Å². The molecule has 17 heavy (non-hydrogen) atoms. The van der Waals surface area contributed by atoms with Gasteiger partial charge in [0.1, 0.15) is 5.82 Å². The number of rotatable bonds is 3. The molecule has 1 nitrogen and oxygen atoms in total. The van der Waals surface area contributed by atoms with Gasteiger partial charge >= 0.3 is 0 Å². The third-order valence-corrected chi connectivity index (χ3v) is 4.53. The molecule has 0 saturated carbocycles. The molecule has 0 atom stereocenters. The molecule has 0 N–H and O–H groups in total. The first-order chi connectivity index (χ1) is 8.06. The van der Waals surface area contributed by atoms with Crippen LogP contribution in [-0.2, 0) is 6.42 Å². The molecule has 0 bridgehead atoms. The molecule has 0 aliphatic carbocycles. The number of halogens is 3. The van der Waals surface area contributed by atoms with E-state index in [4.69, 9.17) is 0 Å². The second-order valence-electron chi connectivity index (χ2n) is 3.48. The lowest BCUT2D eigenvalue weighted by Gasteiger charge is -2.01. The van der Waals surface area contributed by atoms with Crippen LogP contribution >= 0.6 is 43.2 Å². The Balaban J connectivity index is 2.15. The van der Waals surface area contributed by atoms with Crippen molar-refractivity contribution in [1.29, 1.82) is 0 Å². The molecule has 0 radical (unpaired) electrons. The van der Waals surface area contributed by atoms with E-state index in [2.05, 4.69) is 31.9 Å². The van der Waals surface area contributed by atoms with Crippen molar-refractivity contribution < 1.29 is 9.18 Å². The number of carbonyl (C=O) groups is 1. The van der Waals surface area contributed by atoms with E-state index in [0.717, 1.165) is 10.0 Å². The van der Waals surface area contributed by atoms with Gasteiger partial charge in [0.15, 0.2) is 5.78 Å². The summed E-state index contributed by atoms with van der Waals surface area (Å²) in [5, 5.41) is 1.87. The summed E-state index contributed by atoms with van der Waals surface area (Å²) >= 11 is 7.82. The molecule has 2 aromatic rings. The monoisotopic (exact) mass is 376 g/mol. The Labute approximate surface area is 119 Å². The molecular weight excluding hydrogens is 371 g/mol. The average molecular weight is 378 g/mol. The predicted molar refractivity (Wildman–Crippen MR) is 74.2 cm³/mol. The van der Waals surface area contributed by atoms with Crippen LogP contribution in [0.4, 0.5) is 4.39 Å². The second kappa shape index (κ2) is 5.42. The van der Waals surface area contributed by atoms with Gasteiger partial charge in [-0.15, -0.1) is 11.3 Å². The molecule has 1 heterocycles. The van der Waals surface area contributed by atoms with Crippen LogP contribution in [0.15, 0.2) is 38.6 Å². The number of ketones is 1. The van der Waals surface area contributed by atoms with Gasteiger partial charge in [-0.25, -0.2) is 4.39 Å². The van der Waals surface area contributed by atoms with Gasteiger partial charge in [-0.3, -0.25) is 4.79 Å². The molecule has 0 unspecified atom stereocenters. The molecule has 0 aliphatic rings. The largest absolute Gasteiger partial charge is 0.293 e. The van der Waals surface area contributed by atoms with Crippen LogP contribution in [0.2, 0.25) is 0 Å². The lowest BCUT2D eigenvalue weighted by Crippen LogP contribution is -2.01. The third kappa shape index (κ3) is 3.24. The van der Waals surface area contributed by atoms with Crippen LogP contribution in [0.3, 0.4) is 0 Å². The summed E-state index contributed by atoms with van der Waals surface area (Å²) in [6.07, 6.45) is 0.284. The number of hydrogen-bond acceptors (Lipinski definition) is 2. The Bertz CT molecular complexity index is 565. The van der Waals surface area contributed by atoms with Crippen LogP contribution in [0.5, 0.6) is 0 Å². The quantitative estimate of drug-likeness (QED) is 0.699. The summed E-state index contributed by atoms with van der Waals surface area (Å²) in [6, 6.07) is 6.42. The van der Waals surface area contributed by atoms with Crippen LogP contribution < -0.4 is 0 Å². The highest BCUT2D eigenvalue weighted by molar-refractivity contribution is 9.10. The maximum Gasteiger partial charge on any atom is 0.177 e. The van der Waals surface area contributed by atoms with Gasteiger partial charge in [0, 0.05) is 16.3 Å². The second-order valence-corrected chi connectivity index (χ2v) is 6.16. The van der Waals surface area contributed by atoms with Crippen LogP contribution in [0.25, 0.3) is 0 Å². The van der Waals surface area contributed by atoms with E-state index in [9.17, 15) is 9.18 Å². The van der Waals surface area contributed by atoms with E-state index >= 15 is 0 Å². The van der Waals surface area contributed by atoms with Gasteiger partial charge in [0.05, 0.1) is 9.35 Å². The molecule has 0 fully saturated rings. The zero-order chi connectivity index (χ0) is 12.4. The summed E-state index contributed by atoms with van der Waals surface area (Å²) in [4.78, 5) is 12.6. The fraction of sp³-hybridized carbons (Fsp3) is 0.0833. The molecule has 0 spiro atoms. The normalized spacial score (nSPS) is 10.5. The minimum absolute atomic E-state index is 0.0409. The number of hydrogen-bond donors (Lipinski definition) is 0. The fourth-order valence-corrected chi connectivity index (χ4v) is 3.17. The average Bonchev–Trinajstić information content (AvgIpc) is 2.70. The number of benzene rings is 1. The molecule has 0 saturated heterocycles. The SMILES string of the molecule is O=C(Cc1ccc(F)c(Br)c1)c1cc(Br)cs1. The Morgan fingerprint density at radius 1 is 1.29 bits per heavy atom. The zero-order valence-corrected chi connectivity index (χ0v) is 12.5. The summed E-state index contributed by atoms with van der Waals surface area (Å²) in [5.74, 6) is -0.278. The van der Waals surface area contributed by atoms with Crippen molar-refractivity contribution in [1.82, 2.24) is 0 Å². The Morgan fingerprint density at radius 2 is 2.06 bits per heavy atom. The lowest BCUT2D eigenvalue weighted by atomic mass is 10.1. The predicted octanol–water partition coefficient (Wildman–Crippen LogP) is 4.84. The first-order valence-corrected chi connectivity index (χ1v) is 7.24. The summed E-state index contributed by atoms with van der Waals surface area (Å²) in [6.45, 7) is 0. The number of thiophene rings is 1. The van der Waals surface area contributed by atoms with E-state index in [0.29, 0.717) is 9.35 Å². The summed E-state index contributed by atoms with van der Waals surface area (Å²) < 4.78 is 14.3. The number of carbonyl (C=O) groups excluding carboxylic acids is 1. The van der Waals surface area contributed by atoms with E-state index < -0.39 is 0 Å². The maximum atomic E-state index is 13.0. The summed E-state index contributed by atoms with van der Waals surface area (Å²) in [7, 11) is 0. The summed E-state index contributed by atoms with van der Waals surface area (Å²) in [5.41, 5.74) is 0.799. The molecule has 2 rings (SSSR count).